The molecule has 2 atom stereocenters. The van der Waals surface area contributed by atoms with Crippen molar-refractivity contribution in [2.24, 2.45) is 5.92 Å². The number of ketones is 1. The van der Waals surface area contributed by atoms with Crippen molar-refractivity contribution in [1.82, 2.24) is 4.90 Å². The third-order valence-electron chi connectivity index (χ3n) is 6.01. The Balaban J connectivity index is 1.38. The fraction of sp³-hybridized carbons (Fsp3) is 0.947. The van der Waals surface area contributed by atoms with E-state index in [9.17, 15) is 4.79 Å². The van der Waals surface area contributed by atoms with Crippen LogP contribution in [-0.2, 0) is 9.53 Å². The van der Waals surface area contributed by atoms with Gasteiger partial charge in [0.05, 0.1) is 12.6 Å². The third-order valence-corrected chi connectivity index (χ3v) is 6.01. The molecule has 0 N–H and O–H groups in total. The molecule has 2 saturated carbocycles. The zero-order chi connectivity index (χ0) is 15.2. The lowest BCUT2D eigenvalue weighted by molar-refractivity contribution is -0.117. The van der Waals surface area contributed by atoms with Gasteiger partial charge < -0.3 is 4.74 Å². The van der Waals surface area contributed by atoms with Crippen molar-refractivity contribution in [1.29, 1.82) is 0 Å². The van der Waals surface area contributed by atoms with Gasteiger partial charge in [-0.2, -0.15) is 0 Å². The number of rotatable bonds is 6. The largest absolute Gasteiger partial charge is 0.377 e. The molecule has 1 saturated heterocycles. The van der Waals surface area contributed by atoms with E-state index in [0.717, 1.165) is 25.5 Å². The molecule has 0 aromatic heterocycles. The van der Waals surface area contributed by atoms with Gasteiger partial charge in [0.1, 0.15) is 5.78 Å². The SMILES string of the molecule is O=C1CCN(C2CCCCC2OCCCC2CCCCC2)C1. The molecule has 0 aromatic carbocycles. The van der Waals surface area contributed by atoms with Gasteiger partial charge in [-0.3, -0.25) is 9.69 Å². The fourth-order valence-corrected chi connectivity index (χ4v) is 4.71. The van der Waals surface area contributed by atoms with E-state index in [1.54, 1.807) is 0 Å². The molecule has 1 aliphatic heterocycles. The molecule has 0 bridgehead atoms. The number of Topliss-reactive ketones (excluding diaryl/α,β-unsaturated/α-hetero) is 1. The van der Waals surface area contributed by atoms with E-state index < -0.39 is 0 Å². The number of carbonyl (C=O) groups is 1. The van der Waals surface area contributed by atoms with Crippen molar-refractivity contribution in [3.63, 3.8) is 0 Å². The average molecular weight is 307 g/mol. The average Bonchev–Trinajstić information content (AvgIpc) is 2.99. The highest BCUT2D eigenvalue weighted by molar-refractivity contribution is 5.82. The first kappa shape index (κ1) is 16.4. The minimum Gasteiger partial charge on any atom is -0.377 e. The molecule has 3 fully saturated rings. The smallest absolute Gasteiger partial charge is 0.148 e. The van der Waals surface area contributed by atoms with Crippen LogP contribution < -0.4 is 0 Å². The van der Waals surface area contributed by atoms with Crippen molar-refractivity contribution in [3.05, 3.63) is 0 Å². The van der Waals surface area contributed by atoms with Gasteiger partial charge in [-0.1, -0.05) is 44.9 Å². The van der Waals surface area contributed by atoms with Crippen LogP contribution in [0.1, 0.15) is 77.0 Å². The molecule has 22 heavy (non-hydrogen) atoms. The Kier molecular flexibility index (Phi) is 6.31. The summed E-state index contributed by atoms with van der Waals surface area (Å²) in [6.45, 7) is 2.57. The van der Waals surface area contributed by atoms with Gasteiger partial charge >= 0.3 is 0 Å². The molecule has 2 unspecified atom stereocenters. The van der Waals surface area contributed by atoms with E-state index in [0.29, 0.717) is 24.5 Å². The standard InChI is InChI=1S/C19H33NO2/c21-17-12-13-20(15-17)18-10-4-5-11-19(18)22-14-6-9-16-7-2-1-3-8-16/h16,18-19H,1-15H2. The summed E-state index contributed by atoms with van der Waals surface area (Å²) in [6, 6.07) is 0.509. The number of ether oxygens (including phenoxy) is 1. The van der Waals surface area contributed by atoms with Crippen molar-refractivity contribution in [3.8, 4) is 0 Å². The molecule has 0 spiro atoms. The zero-order valence-corrected chi connectivity index (χ0v) is 14.1. The number of carbonyl (C=O) groups excluding carboxylic acids is 1. The molecule has 0 amide bonds. The number of hydrogen-bond acceptors (Lipinski definition) is 3. The predicted molar refractivity (Wildman–Crippen MR) is 89.0 cm³/mol. The van der Waals surface area contributed by atoms with Gasteiger partial charge in [0.2, 0.25) is 0 Å². The number of likely N-dealkylation sites (tertiary alicyclic amines) is 1. The maximum absolute atomic E-state index is 11.6. The topological polar surface area (TPSA) is 29.5 Å². The number of nitrogens with zero attached hydrogens (tertiary/aromatic N) is 1. The Labute approximate surface area is 135 Å². The van der Waals surface area contributed by atoms with Gasteiger partial charge in [-0.25, -0.2) is 0 Å². The van der Waals surface area contributed by atoms with Crippen LogP contribution in [0.2, 0.25) is 0 Å². The summed E-state index contributed by atoms with van der Waals surface area (Å²) in [4.78, 5) is 14.0. The summed E-state index contributed by atoms with van der Waals surface area (Å²) in [6.07, 6.45) is 16.0. The first-order valence-electron chi connectivity index (χ1n) is 9.70. The minimum atomic E-state index is 0.381. The van der Waals surface area contributed by atoms with Crippen LogP contribution in [0.15, 0.2) is 0 Å². The minimum absolute atomic E-state index is 0.381. The van der Waals surface area contributed by atoms with Crippen molar-refractivity contribution in [2.45, 2.75) is 89.2 Å². The van der Waals surface area contributed by atoms with Crippen LogP contribution in [-0.4, -0.2) is 42.5 Å². The quantitative estimate of drug-likeness (QED) is 0.696. The van der Waals surface area contributed by atoms with Gasteiger partial charge in [-0.05, 0) is 31.6 Å². The molecule has 2 aliphatic carbocycles. The Hall–Kier alpha value is -0.410. The summed E-state index contributed by atoms with van der Waals surface area (Å²) in [5.74, 6) is 1.39. The van der Waals surface area contributed by atoms with Crippen LogP contribution in [0.3, 0.4) is 0 Å². The monoisotopic (exact) mass is 307 g/mol. The zero-order valence-electron chi connectivity index (χ0n) is 14.1. The highest BCUT2D eigenvalue weighted by Gasteiger charge is 2.34. The second-order valence-corrected chi connectivity index (χ2v) is 7.67. The summed E-state index contributed by atoms with van der Waals surface area (Å²) in [5.41, 5.74) is 0. The van der Waals surface area contributed by atoms with E-state index in [1.165, 1.54) is 70.6 Å². The Morgan fingerprint density at radius 1 is 1.00 bits per heavy atom. The molecule has 3 heteroatoms. The normalized spacial score (nSPS) is 31.7. The maximum Gasteiger partial charge on any atom is 0.148 e. The Morgan fingerprint density at radius 2 is 1.77 bits per heavy atom. The molecule has 1 heterocycles. The van der Waals surface area contributed by atoms with Crippen LogP contribution in [0.5, 0.6) is 0 Å². The lowest BCUT2D eigenvalue weighted by Crippen LogP contribution is -2.45. The van der Waals surface area contributed by atoms with Gasteiger partial charge in [-0.15, -0.1) is 0 Å². The molecular weight excluding hydrogens is 274 g/mol. The van der Waals surface area contributed by atoms with Crippen LogP contribution in [0.4, 0.5) is 0 Å². The lowest BCUT2D eigenvalue weighted by atomic mass is 9.86. The molecular formula is C19H33NO2. The van der Waals surface area contributed by atoms with E-state index >= 15 is 0 Å². The van der Waals surface area contributed by atoms with E-state index in [1.807, 2.05) is 0 Å². The van der Waals surface area contributed by atoms with Gasteiger partial charge in [0.15, 0.2) is 0 Å². The van der Waals surface area contributed by atoms with Crippen molar-refractivity contribution >= 4 is 5.78 Å². The number of hydrogen-bond donors (Lipinski definition) is 0. The van der Waals surface area contributed by atoms with E-state index in [-0.39, 0.29) is 0 Å². The van der Waals surface area contributed by atoms with E-state index in [4.69, 9.17) is 4.74 Å². The first-order valence-corrected chi connectivity index (χ1v) is 9.70. The fourth-order valence-electron chi connectivity index (χ4n) is 4.71. The van der Waals surface area contributed by atoms with Gasteiger partial charge in [0, 0.05) is 25.6 Å². The Bertz CT molecular complexity index is 351. The molecule has 0 aromatic rings. The molecule has 3 rings (SSSR count). The maximum atomic E-state index is 11.6. The second kappa shape index (κ2) is 8.44. The predicted octanol–water partition coefficient (Wildman–Crippen LogP) is 3.95. The Morgan fingerprint density at radius 3 is 2.55 bits per heavy atom. The second-order valence-electron chi connectivity index (χ2n) is 7.67. The van der Waals surface area contributed by atoms with Crippen molar-refractivity contribution < 1.29 is 9.53 Å². The van der Waals surface area contributed by atoms with E-state index in [2.05, 4.69) is 4.90 Å². The summed E-state index contributed by atoms with van der Waals surface area (Å²) < 4.78 is 6.28. The highest BCUT2D eigenvalue weighted by atomic mass is 16.5. The molecule has 0 radical (unpaired) electrons. The highest BCUT2D eigenvalue weighted by Crippen LogP contribution is 2.29. The van der Waals surface area contributed by atoms with Gasteiger partial charge in [0.25, 0.3) is 0 Å². The summed E-state index contributed by atoms with van der Waals surface area (Å²) in [7, 11) is 0. The summed E-state index contributed by atoms with van der Waals surface area (Å²) in [5, 5.41) is 0. The third kappa shape index (κ3) is 4.55. The van der Waals surface area contributed by atoms with Crippen LogP contribution in [0.25, 0.3) is 0 Å². The first-order chi connectivity index (χ1) is 10.8. The van der Waals surface area contributed by atoms with Crippen LogP contribution >= 0.6 is 0 Å². The van der Waals surface area contributed by atoms with Crippen molar-refractivity contribution in [2.75, 3.05) is 19.7 Å². The molecule has 3 nitrogen and oxygen atoms in total. The molecule has 126 valence electrons. The molecule has 3 aliphatic rings. The van der Waals surface area contributed by atoms with Crippen LogP contribution in [0, 0.1) is 5.92 Å². The lowest BCUT2D eigenvalue weighted by Gasteiger charge is -2.37. The summed E-state index contributed by atoms with van der Waals surface area (Å²) >= 11 is 0.